The first-order valence-electron chi connectivity index (χ1n) is 7.90. The SMILES string of the molecule is CC(Oc1ccc(F)cc1)C(=O)Nc1ccnn1Cc1ccccc1. The van der Waals surface area contributed by atoms with E-state index in [0.717, 1.165) is 5.56 Å². The molecular weight excluding hydrogens is 321 g/mol. The van der Waals surface area contributed by atoms with E-state index in [-0.39, 0.29) is 11.7 Å². The molecule has 0 fully saturated rings. The second-order valence-electron chi connectivity index (χ2n) is 5.56. The van der Waals surface area contributed by atoms with Gasteiger partial charge in [-0.2, -0.15) is 5.10 Å². The Bertz CT molecular complexity index is 831. The third kappa shape index (κ3) is 4.44. The third-order valence-electron chi connectivity index (χ3n) is 3.64. The summed E-state index contributed by atoms with van der Waals surface area (Å²) in [5.41, 5.74) is 1.08. The van der Waals surface area contributed by atoms with Gasteiger partial charge < -0.3 is 10.1 Å². The van der Waals surface area contributed by atoms with Crippen LogP contribution in [0.3, 0.4) is 0 Å². The van der Waals surface area contributed by atoms with Crippen LogP contribution in [-0.2, 0) is 11.3 Å². The van der Waals surface area contributed by atoms with Crippen LogP contribution in [0.5, 0.6) is 5.75 Å². The molecule has 0 saturated heterocycles. The maximum Gasteiger partial charge on any atom is 0.266 e. The molecule has 3 aromatic rings. The smallest absolute Gasteiger partial charge is 0.266 e. The van der Waals surface area contributed by atoms with Crippen molar-refractivity contribution in [3.8, 4) is 5.75 Å². The van der Waals surface area contributed by atoms with Gasteiger partial charge in [-0.05, 0) is 36.8 Å². The van der Waals surface area contributed by atoms with Crippen LogP contribution in [0.2, 0.25) is 0 Å². The zero-order valence-electron chi connectivity index (χ0n) is 13.7. The zero-order chi connectivity index (χ0) is 17.6. The number of halogens is 1. The van der Waals surface area contributed by atoms with Crippen LogP contribution in [0.1, 0.15) is 12.5 Å². The lowest BCUT2D eigenvalue weighted by Gasteiger charge is -2.15. The topological polar surface area (TPSA) is 56.1 Å². The lowest BCUT2D eigenvalue weighted by Crippen LogP contribution is -2.31. The van der Waals surface area contributed by atoms with Crippen molar-refractivity contribution in [2.24, 2.45) is 0 Å². The molecule has 0 aliphatic rings. The van der Waals surface area contributed by atoms with Crippen molar-refractivity contribution in [1.29, 1.82) is 0 Å². The standard InChI is InChI=1S/C19H18FN3O2/c1-14(25-17-9-7-16(20)8-10-17)19(24)22-18-11-12-21-23(18)13-15-5-3-2-4-6-15/h2-12,14H,13H2,1H3,(H,22,24). The Labute approximate surface area is 145 Å². The Morgan fingerprint density at radius 3 is 2.60 bits per heavy atom. The van der Waals surface area contributed by atoms with Gasteiger partial charge in [0.15, 0.2) is 6.10 Å². The number of carbonyl (C=O) groups is 1. The van der Waals surface area contributed by atoms with Crippen LogP contribution >= 0.6 is 0 Å². The molecule has 0 aliphatic carbocycles. The van der Waals surface area contributed by atoms with E-state index < -0.39 is 6.10 Å². The van der Waals surface area contributed by atoms with Crippen LogP contribution < -0.4 is 10.1 Å². The molecule has 1 N–H and O–H groups in total. The van der Waals surface area contributed by atoms with Crippen molar-refractivity contribution in [3.63, 3.8) is 0 Å². The summed E-state index contributed by atoms with van der Waals surface area (Å²) in [4.78, 5) is 12.3. The number of benzene rings is 2. The summed E-state index contributed by atoms with van der Waals surface area (Å²) in [6, 6.07) is 17.1. The lowest BCUT2D eigenvalue weighted by molar-refractivity contribution is -0.122. The minimum absolute atomic E-state index is 0.306. The van der Waals surface area contributed by atoms with Gasteiger partial charge in [-0.1, -0.05) is 30.3 Å². The number of anilines is 1. The van der Waals surface area contributed by atoms with Gasteiger partial charge in [0.05, 0.1) is 12.7 Å². The molecule has 0 saturated carbocycles. The molecule has 0 bridgehead atoms. The average Bonchev–Trinajstić information content (AvgIpc) is 3.04. The predicted octanol–water partition coefficient (Wildman–Crippen LogP) is 3.48. The highest BCUT2D eigenvalue weighted by molar-refractivity contribution is 5.93. The van der Waals surface area contributed by atoms with Crippen LogP contribution in [0.25, 0.3) is 0 Å². The number of aromatic nitrogens is 2. The molecule has 128 valence electrons. The number of rotatable bonds is 6. The number of nitrogens with zero attached hydrogens (tertiary/aromatic N) is 2. The van der Waals surface area contributed by atoms with Gasteiger partial charge in [0.1, 0.15) is 17.4 Å². The second kappa shape index (κ2) is 7.61. The third-order valence-corrected chi connectivity index (χ3v) is 3.64. The minimum Gasteiger partial charge on any atom is -0.481 e. The average molecular weight is 339 g/mol. The van der Waals surface area contributed by atoms with E-state index in [4.69, 9.17) is 4.74 Å². The van der Waals surface area contributed by atoms with E-state index in [1.54, 1.807) is 23.9 Å². The summed E-state index contributed by atoms with van der Waals surface area (Å²) >= 11 is 0. The van der Waals surface area contributed by atoms with Crippen molar-refractivity contribution < 1.29 is 13.9 Å². The summed E-state index contributed by atoms with van der Waals surface area (Å²) in [5, 5.41) is 7.04. The second-order valence-corrected chi connectivity index (χ2v) is 5.56. The predicted molar refractivity (Wildman–Crippen MR) is 92.9 cm³/mol. The number of nitrogens with one attached hydrogen (secondary N) is 1. The Morgan fingerprint density at radius 2 is 1.88 bits per heavy atom. The van der Waals surface area contributed by atoms with Crippen molar-refractivity contribution in [2.75, 3.05) is 5.32 Å². The van der Waals surface area contributed by atoms with E-state index in [0.29, 0.717) is 18.1 Å². The Hall–Kier alpha value is -3.15. The highest BCUT2D eigenvalue weighted by atomic mass is 19.1. The van der Waals surface area contributed by atoms with Crippen LogP contribution in [-0.4, -0.2) is 21.8 Å². The van der Waals surface area contributed by atoms with Crippen molar-refractivity contribution in [1.82, 2.24) is 9.78 Å². The number of carbonyl (C=O) groups excluding carboxylic acids is 1. The monoisotopic (exact) mass is 339 g/mol. The first-order valence-corrected chi connectivity index (χ1v) is 7.90. The zero-order valence-corrected chi connectivity index (χ0v) is 13.7. The fraction of sp³-hybridized carbons (Fsp3) is 0.158. The molecule has 0 radical (unpaired) electrons. The molecule has 5 nitrogen and oxygen atoms in total. The molecule has 1 aromatic heterocycles. The van der Waals surface area contributed by atoms with E-state index in [2.05, 4.69) is 10.4 Å². The molecule has 1 atom stereocenters. The van der Waals surface area contributed by atoms with E-state index >= 15 is 0 Å². The minimum atomic E-state index is -0.731. The van der Waals surface area contributed by atoms with Gasteiger partial charge in [0, 0.05) is 6.07 Å². The van der Waals surface area contributed by atoms with Crippen LogP contribution in [0, 0.1) is 5.82 Å². The van der Waals surface area contributed by atoms with Crippen LogP contribution in [0.15, 0.2) is 66.9 Å². The van der Waals surface area contributed by atoms with E-state index in [1.165, 1.54) is 24.3 Å². The summed E-state index contributed by atoms with van der Waals surface area (Å²) in [7, 11) is 0. The molecule has 1 heterocycles. The van der Waals surface area contributed by atoms with E-state index in [1.807, 2.05) is 30.3 Å². The van der Waals surface area contributed by atoms with Crippen molar-refractivity contribution in [2.45, 2.75) is 19.6 Å². The number of ether oxygens (including phenoxy) is 1. The molecule has 3 rings (SSSR count). The molecule has 25 heavy (non-hydrogen) atoms. The molecule has 6 heteroatoms. The Kier molecular flexibility index (Phi) is 5.09. The quantitative estimate of drug-likeness (QED) is 0.748. The van der Waals surface area contributed by atoms with Crippen molar-refractivity contribution in [3.05, 3.63) is 78.2 Å². The summed E-state index contributed by atoms with van der Waals surface area (Å²) in [5.74, 6) is 0.360. The molecule has 0 spiro atoms. The summed E-state index contributed by atoms with van der Waals surface area (Å²) in [6.45, 7) is 2.19. The van der Waals surface area contributed by atoms with Gasteiger partial charge in [-0.3, -0.25) is 4.79 Å². The van der Waals surface area contributed by atoms with Crippen molar-refractivity contribution >= 4 is 11.7 Å². The van der Waals surface area contributed by atoms with Gasteiger partial charge in [-0.15, -0.1) is 0 Å². The highest BCUT2D eigenvalue weighted by Crippen LogP contribution is 2.15. The summed E-state index contributed by atoms with van der Waals surface area (Å²) in [6.07, 6.45) is 0.898. The maximum absolute atomic E-state index is 12.9. The maximum atomic E-state index is 12.9. The van der Waals surface area contributed by atoms with Crippen LogP contribution in [0.4, 0.5) is 10.2 Å². The van der Waals surface area contributed by atoms with Gasteiger partial charge in [0.2, 0.25) is 0 Å². The first kappa shape index (κ1) is 16.7. The highest BCUT2D eigenvalue weighted by Gasteiger charge is 2.17. The number of hydrogen-bond acceptors (Lipinski definition) is 3. The lowest BCUT2D eigenvalue weighted by atomic mass is 10.2. The number of amides is 1. The molecule has 1 amide bonds. The largest absolute Gasteiger partial charge is 0.481 e. The number of hydrogen-bond donors (Lipinski definition) is 1. The fourth-order valence-electron chi connectivity index (χ4n) is 2.32. The van der Waals surface area contributed by atoms with Gasteiger partial charge >= 0.3 is 0 Å². The van der Waals surface area contributed by atoms with Gasteiger partial charge in [-0.25, -0.2) is 9.07 Å². The van der Waals surface area contributed by atoms with Gasteiger partial charge in [0.25, 0.3) is 5.91 Å². The Morgan fingerprint density at radius 1 is 1.16 bits per heavy atom. The summed E-state index contributed by atoms with van der Waals surface area (Å²) < 4.78 is 20.1. The molecular formula is C19H18FN3O2. The molecule has 0 aliphatic heterocycles. The molecule has 2 aromatic carbocycles. The Balaban J connectivity index is 1.63. The van der Waals surface area contributed by atoms with E-state index in [9.17, 15) is 9.18 Å². The first-order chi connectivity index (χ1) is 12.1. The normalized spacial score (nSPS) is 11.8. The molecule has 1 unspecified atom stereocenters. The fourth-order valence-corrected chi connectivity index (χ4v) is 2.32.